The number of fused-ring (bicyclic) bond motifs is 2. The first-order chi connectivity index (χ1) is 14.3. The fourth-order valence-corrected chi connectivity index (χ4v) is 3.54. The zero-order chi connectivity index (χ0) is 21.6. The number of aromatic nitrogens is 2. The zero-order valence-electron chi connectivity index (χ0n) is 16.6. The van der Waals surface area contributed by atoms with Gasteiger partial charge in [0, 0.05) is 11.3 Å². The number of amides is 1. The normalized spacial score (nSPS) is 15.2. The number of furan rings is 1. The first-order valence-corrected chi connectivity index (χ1v) is 9.45. The van der Waals surface area contributed by atoms with Crippen LogP contribution in [0.1, 0.15) is 51.8 Å². The van der Waals surface area contributed by atoms with Crippen LogP contribution in [0.15, 0.2) is 33.7 Å². The summed E-state index contributed by atoms with van der Waals surface area (Å²) in [6, 6.07) is 4.93. The van der Waals surface area contributed by atoms with E-state index in [-0.39, 0.29) is 53.2 Å². The van der Waals surface area contributed by atoms with Crippen LogP contribution in [-0.2, 0) is 16.1 Å². The van der Waals surface area contributed by atoms with E-state index >= 15 is 0 Å². The third-order valence-electron chi connectivity index (χ3n) is 5.14. The molecular formula is C21H19N3O6. The summed E-state index contributed by atoms with van der Waals surface area (Å²) in [5.41, 5.74) is 1.25. The first-order valence-electron chi connectivity index (χ1n) is 9.45. The van der Waals surface area contributed by atoms with E-state index in [1.807, 2.05) is 0 Å². The van der Waals surface area contributed by atoms with Crippen molar-refractivity contribution in [1.82, 2.24) is 9.55 Å². The minimum atomic E-state index is -0.679. The standard InChI is InChI=1S/C21H19N3O6/c1-4-29-21(28)16-11(3)30-19-17(16)20(27)24(9-22-19)8-15(25)12-5-6-14-13(7-12)10(2)18(26)23-14/h5-7,9-10H,4,8H2,1-3H3,(H,23,26)/t10-/m0/s1. The number of Topliss-reactive ketones (excluding diaryl/α,β-unsaturated/α-hetero) is 1. The van der Waals surface area contributed by atoms with Gasteiger partial charge in [0.05, 0.1) is 19.1 Å². The van der Waals surface area contributed by atoms with Gasteiger partial charge in [-0.15, -0.1) is 0 Å². The van der Waals surface area contributed by atoms with Gasteiger partial charge >= 0.3 is 5.97 Å². The molecule has 154 valence electrons. The molecule has 4 rings (SSSR count). The number of carbonyl (C=O) groups is 3. The lowest BCUT2D eigenvalue weighted by Gasteiger charge is -2.07. The van der Waals surface area contributed by atoms with E-state index in [2.05, 4.69) is 10.3 Å². The van der Waals surface area contributed by atoms with Crippen LogP contribution in [0.25, 0.3) is 11.1 Å². The minimum absolute atomic E-state index is 0.0141. The summed E-state index contributed by atoms with van der Waals surface area (Å²) in [5, 5.41) is 2.74. The molecule has 0 bridgehead atoms. The second-order valence-electron chi connectivity index (χ2n) is 7.05. The van der Waals surface area contributed by atoms with Gasteiger partial charge in [-0.2, -0.15) is 0 Å². The molecule has 30 heavy (non-hydrogen) atoms. The van der Waals surface area contributed by atoms with Gasteiger partial charge < -0.3 is 14.5 Å². The SMILES string of the molecule is CCOC(=O)c1c(C)oc2ncn(CC(=O)c3ccc4c(c3)[C@H](C)C(=O)N4)c(=O)c12. The molecular weight excluding hydrogens is 390 g/mol. The minimum Gasteiger partial charge on any atom is -0.462 e. The molecule has 9 heteroatoms. The highest BCUT2D eigenvalue weighted by Gasteiger charge is 2.28. The van der Waals surface area contributed by atoms with Crippen LogP contribution in [-0.4, -0.2) is 33.8 Å². The van der Waals surface area contributed by atoms with Gasteiger partial charge in [-0.25, -0.2) is 9.78 Å². The summed E-state index contributed by atoms with van der Waals surface area (Å²) in [6.45, 7) is 4.83. The molecule has 3 heterocycles. The third-order valence-corrected chi connectivity index (χ3v) is 5.14. The Morgan fingerprint density at radius 3 is 2.80 bits per heavy atom. The van der Waals surface area contributed by atoms with Crippen molar-refractivity contribution in [2.45, 2.75) is 33.2 Å². The predicted molar refractivity (Wildman–Crippen MR) is 107 cm³/mol. The van der Waals surface area contributed by atoms with Crippen molar-refractivity contribution in [2.24, 2.45) is 0 Å². The van der Waals surface area contributed by atoms with Crippen LogP contribution in [0.3, 0.4) is 0 Å². The van der Waals surface area contributed by atoms with Crippen LogP contribution >= 0.6 is 0 Å². The monoisotopic (exact) mass is 409 g/mol. The quantitative estimate of drug-likeness (QED) is 0.507. The number of esters is 1. The lowest BCUT2D eigenvalue weighted by molar-refractivity contribution is -0.116. The van der Waals surface area contributed by atoms with Gasteiger partial charge in [-0.3, -0.25) is 19.0 Å². The van der Waals surface area contributed by atoms with Gasteiger partial charge in [0.25, 0.3) is 5.56 Å². The molecule has 1 aromatic carbocycles. The van der Waals surface area contributed by atoms with Crippen LogP contribution in [0.2, 0.25) is 0 Å². The van der Waals surface area contributed by atoms with E-state index in [0.717, 1.165) is 10.1 Å². The van der Waals surface area contributed by atoms with Crippen LogP contribution < -0.4 is 10.9 Å². The number of hydrogen-bond donors (Lipinski definition) is 1. The van der Waals surface area contributed by atoms with Gasteiger partial charge in [0.2, 0.25) is 11.6 Å². The van der Waals surface area contributed by atoms with Crippen molar-refractivity contribution in [2.75, 3.05) is 11.9 Å². The second-order valence-corrected chi connectivity index (χ2v) is 7.05. The Kier molecular flexibility index (Phi) is 4.73. The smallest absolute Gasteiger partial charge is 0.342 e. The number of carbonyl (C=O) groups excluding carboxylic acids is 3. The summed E-state index contributed by atoms with van der Waals surface area (Å²) in [5.74, 6) is -1.26. The molecule has 0 spiro atoms. The molecule has 1 aliphatic heterocycles. The summed E-state index contributed by atoms with van der Waals surface area (Å²) < 4.78 is 11.5. The molecule has 0 aliphatic carbocycles. The van der Waals surface area contributed by atoms with E-state index < -0.39 is 11.5 Å². The van der Waals surface area contributed by atoms with Crippen molar-refractivity contribution < 1.29 is 23.5 Å². The Hall–Kier alpha value is -3.75. The van der Waals surface area contributed by atoms with Crippen molar-refractivity contribution in [3.05, 3.63) is 57.3 Å². The van der Waals surface area contributed by atoms with E-state index in [4.69, 9.17) is 9.15 Å². The van der Waals surface area contributed by atoms with E-state index in [0.29, 0.717) is 11.3 Å². The number of rotatable bonds is 5. The zero-order valence-corrected chi connectivity index (χ0v) is 16.6. The number of aryl methyl sites for hydroxylation is 1. The number of ether oxygens (including phenoxy) is 1. The molecule has 0 saturated heterocycles. The first kappa shape index (κ1) is 19.6. The fourth-order valence-electron chi connectivity index (χ4n) is 3.54. The summed E-state index contributed by atoms with van der Waals surface area (Å²) in [6.07, 6.45) is 1.21. The Balaban J connectivity index is 1.70. The maximum absolute atomic E-state index is 13.0. The Bertz CT molecular complexity index is 1270. The van der Waals surface area contributed by atoms with E-state index in [1.54, 1.807) is 39.0 Å². The van der Waals surface area contributed by atoms with Crippen molar-refractivity contribution in [1.29, 1.82) is 0 Å². The molecule has 0 unspecified atom stereocenters. The third kappa shape index (κ3) is 3.08. The number of hydrogen-bond acceptors (Lipinski definition) is 7. The highest BCUT2D eigenvalue weighted by atomic mass is 16.5. The molecule has 1 aliphatic rings. The molecule has 3 aromatic rings. The largest absolute Gasteiger partial charge is 0.462 e. The number of ketones is 1. The van der Waals surface area contributed by atoms with Crippen molar-refractivity contribution in [3.63, 3.8) is 0 Å². The number of benzene rings is 1. The molecule has 1 atom stereocenters. The van der Waals surface area contributed by atoms with E-state index in [1.165, 1.54) is 6.33 Å². The van der Waals surface area contributed by atoms with Gasteiger partial charge in [-0.05, 0) is 44.5 Å². The maximum atomic E-state index is 13.0. The summed E-state index contributed by atoms with van der Waals surface area (Å²) in [7, 11) is 0. The molecule has 0 fully saturated rings. The van der Waals surface area contributed by atoms with Crippen molar-refractivity contribution >= 4 is 34.4 Å². The van der Waals surface area contributed by atoms with Gasteiger partial charge in [-0.1, -0.05) is 0 Å². The Morgan fingerprint density at radius 1 is 1.30 bits per heavy atom. The Labute approximate surface area is 170 Å². The highest BCUT2D eigenvalue weighted by molar-refractivity contribution is 6.05. The average Bonchev–Trinajstić information content (AvgIpc) is 3.20. The molecule has 2 aromatic heterocycles. The Morgan fingerprint density at radius 2 is 2.07 bits per heavy atom. The molecule has 9 nitrogen and oxygen atoms in total. The number of anilines is 1. The summed E-state index contributed by atoms with van der Waals surface area (Å²) in [4.78, 5) is 53.9. The predicted octanol–water partition coefficient (Wildman–Crippen LogP) is 2.41. The van der Waals surface area contributed by atoms with Crippen LogP contribution in [0.4, 0.5) is 5.69 Å². The van der Waals surface area contributed by atoms with E-state index in [9.17, 15) is 19.2 Å². The van der Waals surface area contributed by atoms with Crippen LogP contribution in [0.5, 0.6) is 0 Å². The summed E-state index contributed by atoms with van der Waals surface area (Å²) >= 11 is 0. The second kappa shape index (κ2) is 7.25. The lowest BCUT2D eigenvalue weighted by atomic mass is 9.99. The molecule has 1 N–H and O–H groups in total. The maximum Gasteiger partial charge on any atom is 0.342 e. The highest BCUT2D eigenvalue weighted by Crippen LogP contribution is 2.32. The molecule has 1 amide bonds. The molecule has 0 saturated carbocycles. The topological polar surface area (TPSA) is 120 Å². The van der Waals surface area contributed by atoms with Crippen LogP contribution in [0, 0.1) is 6.92 Å². The van der Waals surface area contributed by atoms with Gasteiger partial charge in [0.15, 0.2) is 5.78 Å². The molecule has 0 radical (unpaired) electrons. The number of nitrogens with zero attached hydrogens (tertiary/aromatic N) is 2. The van der Waals surface area contributed by atoms with Gasteiger partial charge in [0.1, 0.15) is 23.0 Å². The number of nitrogens with one attached hydrogen (secondary N) is 1. The van der Waals surface area contributed by atoms with Crippen molar-refractivity contribution in [3.8, 4) is 0 Å². The fraction of sp³-hybridized carbons (Fsp3) is 0.286. The average molecular weight is 409 g/mol. The lowest BCUT2D eigenvalue weighted by Crippen LogP contribution is -2.25.